The largest absolute Gasteiger partial charge is 0.476 e. The summed E-state index contributed by atoms with van der Waals surface area (Å²) in [6.07, 6.45) is 0. The van der Waals surface area contributed by atoms with E-state index in [4.69, 9.17) is 9.84 Å². The first-order chi connectivity index (χ1) is 8.75. The number of benzene rings is 1. The topological polar surface area (TPSA) is 62.7 Å². The highest BCUT2D eigenvalue weighted by molar-refractivity contribution is 7.13. The van der Waals surface area contributed by atoms with E-state index >= 15 is 0 Å². The first kappa shape index (κ1) is 11.4. The van der Waals surface area contributed by atoms with Crippen LogP contribution in [0, 0.1) is 0 Å². The molecule has 0 amide bonds. The number of ether oxygens (including phenoxy) is 1. The molecule has 3 rings (SSSR count). The van der Waals surface area contributed by atoms with E-state index in [0.29, 0.717) is 5.39 Å². The van der Waals surface area contributed by atoms with E-state index in [1.807, 2.05) is 18.2 Å². The Hall–Kier alpha value is -1.66. The van der Waals surface area contributed by atoms with Crippen molar-refractivity contribution in [3.8, 4) is 0 Å². The zero-order chi connectivity index (χ0) is 12.5. The fraction of sp³-hybridized carbons (Fsp3) is 0.333. The molecule has 0 aliphatic carbocycles. The second kappa shape index (κ2) is 4.55. The molecule has 1 aliphatic rings. The lowest BCUT2D eigenvalue weighted by Crippen LogP contribution is -2.36. The van der Waals surface area contributed by atoms with Crippen LogP contribution in [-0.4, -0.2) is 41.8 Å². The summed E-state index contributed by atoms with van der Waals surface area (Å²) < 4.78 is 10.2. The molecule has 0 saturated carbocycles. The first-order valence-corrected chi connectivity index (χ1v) is 6.48. The van der Waals surface area contributed by atoms with Crippen LogP contribution in [-0.2, 0) is 4.74 Å². The van der Waals surface area contributed by atoms with Gasteiger partial charge in [-0.15, -0.1) is 0 Å². The molecule has 0 atom stereocenters. The van der Waals surface area contributed by atoms with Crippen molar-refractivity contribution >= 4 is 33.3 Å². The average Bonchev–Trinajstić information content (AvgIpc) is 2.82. The molecule has 2 heterocycles. The molecule has 6 heteroatoms. The zero-order valence-electron chi connectivity index (χ0n) is 9.63. The van der Waals surface area contributed by atoms with E-state index in [1.54, 1.807) is 0 Å². The zero-order valence-corrected chi connectivity index (χ0v) is 10.4. The molecule has 1 saturated heterocycles. The van der Waals surface area contributed by atoms with Crippen molar-refractivity contribution in [2.75, 3.05) is 31.2 Å². The maximum absolute atomic E-state index is 11.0. The van der Waals surface area contributed by atoms with Gasteiger partial charge in [-0.2, -0.15) is 4.37 Å². The lowest BCUT2D eigenvalue weighted by Gasteiger charge is -2.28. The number of aromatic nitrogens is 1. The van der Waals surface area contributed by atoms with E-state index in [-0.39, 0.29) is 5.69 Å². The number of hydrogen-bond acceptors (Lipinski definition) is 5. The molecular formula is C12H12N2O3S. The standard InChI is InChI=1S/C12H12N2O3S/c15-12(16)11-9-2-1-8(7-10(9)18-13-11)14-3-5-17-6-4-14/h1-2,7H,3-6H2,(H,15,16). The molecule has 5 nitrogen and oxygen atoms in total. The fourth-order valence-corrected chi connectivity index (χ4v) is 2.90. The van der Waals surface area contributed by atoms with Crippen LogP contribution in [0.1, 0.15) is 10.5 Å². The van der Waals surface area contributed by atoms with Gasteiger partial charge in [0, 0.05) is 24.2 Å². The average molecular weight is 264 g/mol. The van der Waals surface area contributed by atoms with Crippen LogP contribution in [0.2, 0.25) is 0 Å². The molecule has 0 spiro atoms. The smallest absolute Gasteiger partial charge is 0.356 e. The number of nitrogens with zero attached hydrogens (tertiary/aromatic N) is 2. The predicted molar refractivity (Wildman–Crippen MR) is 69.6 cm³/mol. The van der Waals surface area contributed by atoms with Crippen LogP contribution in [0.3, 0.4) is 0 Å². The number of carboxylic acids is 1. The van der Waals surface area contributed by atoms with Gasteiger partial charge in [-0.1, -0.05) is 0 Å². The lowest BCUT2D eigenvalue weighted by molar-refractivity contribution is 0.0694. The van der Waals surface area contributed by atoms with Gasteiger partial charge in [0.25, 0.3) is 0 Å². The van der Waals surface area contributed by atoms with Gasteiger partial charge in [0.2, 0.25) is 0 Å². The number of anilines is 1. The normalized spacial score (nSPS) is 16.1. The molecule has 1 aromatic carbocycles. The Morgan fingerprint density at radius 2 is 2.17 bits per heavy atom. The Kier molecular flexibility index (Phi) is 2.89. The number of hydrogen-bond donors (Lipinski definition) is 1. The van der Waals surface area contributed by atoms with Crippen molar-refractivity contribution in [3.63, 3.8) is 0 Å². The SMILES string of the molecule is O=C(O)c1nsc2cc(N3CCOCC3)ccc12. The highest BCUT2D eigenvalue weighted by Crippen LogP contribution is 2.28. The molecule has 2 aromatic rings. The van der Waals surface area contributed by atoms with Crippen LogP contribution in [0.15, 0.2) is 18.2 Å². The first-order valence-electron chi connectivity index (χ1n) is 5.71. The van der Waals surface area contributed by atoms with E-state index in [1.165, 1.54) is 11.5 Å². The Bertz CT molecular complexity index is 590. The van der Waals surface area contributed by atoms with Crippen molar-refractivity contribution < 1.29 is 14.6 Å². The molecule has 1 aromatic heterocycles. The third kappa shape index (κ3) is 1.93. The van der Waals surface area contributed by atoms with Crippen LogP contribution < -0.4 is 4.90 Å². The van der Waals surface area contributed by atoms with Gasteiger partial charge in [-0.05, 0) is 29.7 Å². The van der Waals surface area contributed by atoms with Crippen LogP contribution in [0.4, 0.5) is 5.69 Å². The Labute approximate surface area is 108 Å². The number of carboxylic acid groups (broad SMARTS) is 1. The maximum atomic E-state index is 11.0. The van der Waals surface area contributed by atoms with Crippen molar-refractivity contribution in [2.24, 2.45) is 0 Å². The monoisotopic (exact) mass is 264 g/mol. The second-order valence-electron chi connectivity index (χ2n) is 4.12. The molecule has 18 heavy (non-hydrogen) atoms. The third-order valence-electron chi connectivity index (χ3n) is 3.03. The van der Waals surface area contributed by atoms with E-state index in [2.05, 4.69) is 9.27 Å². The van der Waals surface area contributed by atoms with Gasteiger partial charge in [0.05, 0.1) is 17.9 Å². The quantitative estimate of drug-likeness (QED) is 0.896. The number of morpholine rings is 1. The van der Waals surface area contributed by atoms with Gasteiger partial charge in [-0.3, -0.25) is 0 Å². The molecule has 0 unspecified atom stereocenters. The highest BCUT2D eigenvalue weighted by Gasteiger charge is 2.16. The fourth-order valence-electron chi connectivity index (χ4n) is 2.10. The minimum absolute atomic E-state index is 0.142. The summed E-state index contributed by atoms with van der Waals surface area (Å²) in [7, 11) is 0. The molecule has 1 N–H and O–H groups in total. The van der Waals surface area contributed by atoms with E-state index < -0.39 is 5.97 Å². The van der Waals surface area contributed by atoms with Gasteiger partial charge >= 0.3 is 5.97 Å². The second-order valence-corrected chi connectivity index (χ2v) is 4.92. The van der Waals surface area contributed by atoms with E-state index in [9.17, 15) is 4.79 Å². The summed E-state index contributed by atoms with van der Waals surface area (Å²) in [5.41, 5.74) is 1.25. The van der Waals surface area contributed by atoms with Crippen molar-refractivity contribution in [2.45, 2.75) is 0 Å². The van der Waals surface area contributed by atoms with Gasteiger partial charge in [-0.25, -0.2) is 4.79 Å². The summed E-state index contributed by atoms with van der Waals surface area (Å²) in [5.74, 6) is -0.972. The molecule has 94 valence electrons. The lowest BCUT2D eigenvalue weighted by atomic mass is 10.2. The Morgan fingerprint density at radius 1 is 1.39 bits per heavy atom. The maximum Gasteiger partial charge on any atom is 0.356 e. The molecule has 0 bridgehead atoms. The summed E-state index contributed by atoms with van der Waals surface area (Å²) in [4.78, 5) is 13.2. The van der Waals surface area contributed by atoms with Crippen molar-refractivity contribution in [1.29, 1.82) is 0 Å². The molecular weight excluding hydrogens is 252 g/mol. The van der Waals surface area contributed by atoms with Crippen molar-refractivity contribution in [1.82, 2.24) is 4.37 Å². The van der Waals surface area contributed by atoms with Crippen LogP contribution in [0.5, 0.6) is 0 Å². The van der Waals surface area contributed by atoms with E-state index in [0.717, 1.165) is 36.7 Å². The number of aromatic carboxylic acids is 1. The third-order valence-corrected chi connectivity index (χ3v) is 3.84. The summed E-state index contributed by atoms with van der Waals surface area (Å²) >= 11 is 1.23. The van der Waals surface area contributed by atoms with Crippen LogP contribution >= 0.6 is 11.5 Å². The predicted octanol–water partition coefficient (Wildman–Crippen LogP) is 1.83. The molecule has 0 radical (unpaired) electrons. The summed E-state index contributed by atoms with van der Waals surface area (Å²) in [5, 5.41) is 9.72. The number of carbonyl (C=O) groups is 1. The Morgan fingerprint density at radius 3 is 2.89 bits per heavy atom. The Balaban J connectivity index is 1.98. The molecule has 1 aliphatic heterocycles. The van der Waals surface area contributed by atoms with Crippen LogP contribution in [0.25, 0.3) is 10.1 Å². The molecule has 1 fully saturated rings. The minimum atomic E-state index is -0.972. The summed E-state index contributed by atoms with van der Waals surface area (Å²) in [6, 6.07) is 5.80. The van der Waals surface area contributed by atoms with Gasteiger partial charge in [0.1, 0.15) is 0 Å². The van der Waals surface area contributed by atoms with Crippen molar-refractivity contribution in [3.05, 3.63) is 23.9 Å². The minimum Gasteiger partial charge on any atom is -0.476 e. The number of rotatable bonds is 2. The summed E-state index contributed by atoms with van der Waals surface area (Å²) in [6.45, 7) is 3.22. The highest BCUT2D eigenvalue weighted by atomic mass is 32.1. The van der Waals surface area contributed by atoms with Gasteiger partial charge < -0.3 is 14.7 Å². The number of fused-ring (bicyclic) bond motifs is 1. The van der Waals surface area contributed by atoms with Gasteiger partial charge in [0.15, 0.2) is 5.69 Å².